The number of nitrogen functional groups attached to an aromatic ring is 1. The molecule has 0 unspecified atom stereocenters. The highest BCUT2D eigenvalue weighted by molar-refractivity contribution is 5.96. The van der Waals surface area contributed by atoms with E-state index in [2.05, 4.69) is 35.0 Å². The monoisotopic (exact) mass is 280 g/mol. The minimum Gasteiger partial charge on any atom is -0.384 e. The van der Waals surface area contributed by atoms with Gasteiger partial charge in [-0.3, -0.25) is 5.41 Å². The van der Waals surface area contributed by atoms with Crippen LogP contribution < -0.4 is 10.6 Å². The summed E-state index contributed by atoms with van der Waals surface area (Å²) in [6.45, 7) is 5.01. The van der Waals surface area contributed by atoms with Crippen LogP contribution in [-0.2, 0) is 6.42 Å². The third kappa shape index (κ3) is 2.61. The number of aryl methyl sites for hydroxylation is 3. The van der Waals surface area contributed by atoms with Crippen molar-refractivity contribution in [2.24, 2.45) is 5.73 Å². The molecule has 0 bridgehead atoms. The van der Waals surface area contributed by atoms with Gasteiger partial charge in [0.05, 0.1) is 0 Å². The van der Waals surface area contributed by atoms with Crippen molar-refractivity contribution in [2.45, 2.75) is 26.7 Å². The predicted molar refractivity (Wildman–Crippen MR) is 86.5 cm³/mol. The average molecular weight is 280 g/mol. The molecule has 1 aromatic heterocycles. The van der Waals surface area contributed by atoms with Crippen molar-refractivity contribution in [3.05, 3.63) is 52.7 Å². The SMILES string of the molecule is Cc1ccc2c(c1)CCCN2c1cc(C(=N)N)cc(C)n1. The van der Waals surface area contributed by atoms with Gasteiger partial charge in [0, 0.05) is 23.5 Å². The molecule has 1 aliphatic heterocycles. The Balaban J connectivity index is 2.08. The molecule has 1 aromatic carbocycles. The highest BCUT2D eigenvalue weighted by Crippen LogP contribution is 2.33. The van der Waals surface area contributed by atoms with E-state index in [-0.39, 0.29) is 5.84 Å². The molecule has 21 heavy (non-hydrogen) atoms. The van der Waals surface area contributed by atoms with Gasteiger partial charge in [-0.2, -0.15) is 0 Å². The average Bonchev–Trinajstić information content (AvgIpc) is 2.45. The van der Waals surface area contributed by atoms with Gasteiger partial charge in [0.2, 0.25) is 0 Å². The number of pyridine rings is 1. The van der Waals surface area contributed by atoms with Crippen LogP contribution in [0, 0.1) is 19.3 Å². The van der Waals surface area contributed by atoms with Crippen molar-refractivity contribution >= 4 is 17.3 Å². The number of rotatable bonds is 2. The lowest BCUT2D eigenvalue weighted by molar-refractivity contribution is 0.757. The van der Waals surface area contributed by atoms with E-state index >= 15 is 0 Å². The number of nitrogens with one attached hydrogen (secondary N) is 1. The minimum absolute atomic E-state index is 0.0860. The first-order valence-corrected chi connectivity index (χ1v) is 7.25. The third-order valence-electron chi connectivity index (χ3n) is 3.88. The number of anilines is 2. The van der Waals surface area contributed by atoms with Crippen molar-refractivity contribution in [3.8, 4) is 0 Å². The first-order valence-electron chi connectivity index (χ1n) is 7.25. The molecular formula is C17H20N4. The van der Waals surface area contributed by atoms with Gasteiger partial charge in [-0.25, -0.2) is 4.98 Å². The molecule has 0 fully saturated rings. The van der Waals surface area contributed by atoms with Gasteiger partial charge < -0.3 is 10.6 Å². The Bertz CT molecular complexity index is 706. The minimum atomic E-state index is 0.0860. The van der Waals surface area contributed by atoms with Crippen LogP contribution in [0.3, 0.4) is 0 Å². The molecule has 0 radical (unpaired) electrons. The van der Waals surface area contributed by atoms with Crippen LogP contribution in [0.4, 0.5) is 11.5 Å². The normalized spacial score (nSPS) is 13.9. The van der Waals surface area contributed by atoms with Gasteiger partial charge in [0.25, 0.3) is 0 Å². The fraction of sp³-hybridized carbons (Fsp3) is 0.294. The molecule has 0 spiro atoms. The zero-order valence-electron chi connectivity index (χ0n) is 12.5. The zero-order chi connectivity index (χ0) is 15.0. The number of nitrogens with two attached hydrogens (primary N) is 1. The maximum atomic E-state index is 7.65. The molecule has 2 heterocycles. The van der Waals surface area contributed by atoms with E-state index in [1.54, 1.807) is 0 Å². The summed E-state index contributed by atoms with van der Waals surface area (Å²) >= 11 is 0. The van der Waals surface area contributed by atoms with Gasteiger partial charge in [-0.1, -0.05) is 17.7 Å². The van der Waals surface area contributed by atoms with Crippen LogP contribution >= 0.6 is 0 Å². The molecule has 2 aromatic rings. The molecule has 4 heteroatoms. The van der Waals surface area contributed by atoms with Crippen LogP contribution in [0.15, 0.2) is 30.3 Å². The second-order valence-electron chi connectivity index (χ2n) is 5.66. The molecule has 0 aliphatic carbocycles. The number of hydrogen-bond acceptors (Lipinski definition) is 3. The summed E-state index contributed by atoms with van der Waals surface area (Å²) in [5, 5.41) is 7.65. The lowest BCUT2D eigenvalue weighted by Gasteiger charge is -2.31. The maximum absolute atomic E-state index is 7.65. The summed E-state index contributed by atoms with van der Waals surface area (Å²) in [5.74, 6) is 0.966. The first kappa shape index (κ1) is 13.6. The molecule has 108 valence electrons. The fourth-order valence-corrected chi connectivity index (χ4v) is 2.91. The first-order chi connectivity index (χ1) is 10.0. The van der Waals surface area contributed by atoms with E-state index in [4.69, 9.17) is 11.1 Å². The van der Waals surface area contributed by atoms with E-state index in [1.807, 2.05) is 19.1 Å². The predicted octanol–water partition coefficient (Wildman–Crippen LogP) is 3.07. The molecule has 0 amide bonds. The maximum Gasteiger partial charge on any atom is 0.133 e. The summed E-state index contributed by atoms with van der Waals surface area (Å²) in [4.78, 5) is 6.87. The number of benzene rings is 1. The Kier molecular flexibility index (Phi) is 3.37. The number of amidine groups is 1. The van der Waals surface area contributed by atoms with Crippen LogP contribution in [0.1, 0.15) is 28.8 Å². The van der Waals surface area contributed by atoms with Gasteiger partial charge in [0.1, 0.15) is 11.7 Å². The number of aromatic nitrogens is 1. The Morgan fingerprint density at radius 1 is 1.24 bits per heavy atom. The highest BCUT2D eigenvalue weighted by atomic mass is 15.2. The van der Waals surface area contributed by atoms with Gasteiger partial charge >= 0.3 is 0 Å². The lowest BCUT2D eigenvalue weighted by atomic mass is 9.99. The van der Waals surface area contributed by atoms with E-state index in [0.717, 1.165) is 36.5 Å². The van der Waals surface area contributed by atoms with E-state index in [0.29, 0.717) is 0 Å². The van der Waals surface area contributed by atoms with Crippen molar-refractivity contribution in [3.63, 3.8) is 0 Å². The second kappa shape index (κ2) is 5.20. The molecule has 1 aliphatic rings. The van der Waals surface area contributed by atoms with E-state index in [9.17, 15) is 0 Å². The molecule has 3 N–H and O–H groups in total. The zero-order valence-corrected chi connectivity index (χ0v) is 12.5. The molecule has 0 saturated heterocycles. The standard InChI is InChI=1S/C17H20N4/c1-11-5-6-15-13(8-11)4-3-7-21(15)16-10-14(17(18)19)9-12(2)20-16/h5-6,8-10H,3-4,7H2,1-2H3,(H3,18,19). The summed E-state index contributed by atoms with van der Waals surface area (Å²) < 4.78 is 0. The summed E-state index contributed by atoms with van der Waals surface area (Å²) in [5.41, 5.74) is 11.1. The van der Waals surface area contributed by atoms with Gasteiger partial charge in [0.15, 0.2) is 0 Å². The number of fused-ring (bicyclic) bond motifs is 1. The van der Waals surface area contributed by atoms with Crippen molar-refractivity contribution in [1.82, 2.24) is 4.98 Å². The molecule has 0 saturated carbocycles. The van der Waals surface area contributed by atoms with Crippen LogP contribution in [0.25, 0.3) is 0 Å². The number of hydrogen-bond donors (Lipinski definition) is 2. The third-order valence-corrected chi connectivity index (χ3v) is 3.88. The van der Waals surface area contributed by atoms with Crippen molar-refractivity contribution in [1.29, 1.82) is 5.41 Å². The number of nitrogens with zero attached hydrogens (tertiary/aromatic N) is 2. The topological polar surface area (TPSA) is 66.0 Å². The van der Waals surface area contributed by atoms with Crippen molar-refractivity contribution in [2.75, 3.05) is 11.4 Å². The smallest absolute Gasteiger partial charge is 0.133 e. The largest absolute Gasteiger partial charge is 0.384 e. The highest BCUT2D eigenvalue weighted by Gasteiger charge is 2.20. The van der Waals surface area contributed by atoms with E-state index in [1.165, 1.54) is 16.8 Å². The molecule has 0 atom stereocenters. The van der Waals surface area contributed by atoms with Crippen LogP contribution in [0.2, 0.25) is 0 Å². The van der Waals surface area contributed by atoms with Crippen molar-refractivity contribution < 1.29 is 0 Å². The molecule has 3 rings (SSSR count). The van der Waals surface area contributed by atoms with Crippen LogP contribution in [-0.4, -0.2) is 17.4 Å². The molecule has 4 nitrogen and oxygen atoms in total. The fourth-order valence-electron chi connectivity index (χ4n) is 2.91. The lowest BCUT2D eigenvalue weighted by Crippen LogP contribution is -2.26. The Morgan fingerprint density at radius 2 is 2.05 bits per heavy atom. The second-order valence-corrected chi connectivity index (χ2v) is 5.66. The van der Waals surface area contributed by atoms with Gasteiger partial charge in [-0.15, -0.1) is 0 Å². The molecular weight excluding hydrogens is 260 g/mol. The van der Waals surface area contributed by atoms with Gasteiger partial charge in [-0.05, 0) is 50.5 Å². The Labute approximate surface area is 125 Å². The van der Waals surface area contributed by atoms with Crippen LogP contribution in [0.5, 0.6) is 0 Å². The Hall–Kier alpha value is -2.36. The summed E-state index contributed by atoms with van der Waals surface area (Å²) in [6.07, 6.45) is 2.22. The summed E-state index contributed by atoms with van der Waals surface area (Å²) in [7, 11) is 0. The Morgan fingerprint density at radius 3 is 2.81 bits per heavy atom. The quantitative estimate of drug-likeness (QED) is 0.656. The summed E-state index contributed by atoms with van der Waals surface area (Å²) in [6, 6.07) is 10.3. The van der Waals surface area contributed by atoms with E-state index < -0.39 is 0 Å².